The van der Waals surface area contributed by atoms with Crippen LogP contribution in [0, 0.1) is 12.7 Å². The molecule has 4 rings (SSSR count). The van der Waals surface area contributed by atoms with Gasteiger partial charge in [0.2, 0.25) is 11.8 Å². The Balaban J connectivity index is 1.76. The van der Waals surface area contributed by atoms with Gasteiger partial charge in [0.1, 0.15) is 18.9 Å². The smallest absolute Gasteiger partial charge is 0.332 e. The normalized spacial score (nSPS) is 11.0. The predicted octanol–water partition coefficient (Wildman–Crippen LogP) is 1.68. The minimum atomic E-state index is -0.724. The van der Waals surface area contributed by atoms with Crippen LogP contribution in [0.5, 0.6) is 0 Å². The summed E-state index contributed by atoms with van der Waals surface area (Å²) in [6.07, 6.45) is 0. The standard InChI is InChI=1S/C20H16FN5O4/c1-12-22-18(30-24-12)11-26-19(28)13-6-2-5-9-16(13)25(20(26)29)10-17(27)23-15-8-4-3-7-14(15)21/h2-9H,10-11H2,1H3,(H,23,27). The first-order chi connectivity index (χ1) is 14.4. The van der Waals surface area contributed by atoms with Crippen molar-refractivity contribution >= 4 is 22.5 Å². The second-order valence-corrected chi connectivity index (χ2v) is 6.54. The van der Waals surface area contributed by atoms with E-state index in [0.717, 1.165) is 9.13 Å². The molecule has 2 heterocycles. The number of benzene rings is 2. The fraction of sp³-hybridized carbons (Fsp3) is 0.150. The zero-order valence-corrected chi connectivity index (χ0v) is 15.8. The van der Waals surface area contributed by atoms with Crippen molar-refractivity contribution in [2.24, 2.45) is 0 Å². The lowest BCUT2D eigenvalue weighted by Crippen LogP contribution is -2.42. The third-order valence-corrected chi connectivity index (χ3v) is 4.44. The lowest BCUT2D eigenvalue weighted by molar-refractivity contribution is -0.116. The second-order valence-electron chi connectivity index (χ2n) is 6.54. The van der Waals surface area contributed by atoms with Crippen molar-refractivity contribution < 1.29 is 13.7 Å². The van der Waals surface area contributed by atoms with E-state index in [-0.39, 0.29) is 29.0 Å². The van der Waals surface area contributed by atoms with Gasteiger partial charge in [-0.25, -0.2) is 9.18 Å². The van der Waals surface area contributed by atoms with Crippen molar-refractivity contribution in [1.29, 1.82) is 0 Å². The molecule has 0 saturated heterocycles. The molecule has 2 aromatic carbocycles. The monoisotopic (exact) mass is 409 g/mol. The topological polar surface area (TPSA) is 112 Å². The highest BCUT2D eigenvalue weighted by Crippen LogP contribution is 2.13. The van der Waals surface area contributed by atoms with Crippen LogP contribution in [0.3, 0.4) is 0 Å². The molecule has 0 aliphatic rings. The van der Waals surface area contributed by atoms with Crippen LogP contribution in [0.1, 0.15) is 11.7 Å². The number of fused-ring (bicyclic) bond motifs is 1. The first-order valence-electron chi connectivity index (χ1n) is 9.00. The highest BCUT2D eigenvalue weighted by atomic mass is 19.1. The molecule has 0 spiro atoms. The Morgan fingerprint density at radius 3 is 2.57 bits per heavy atom. The van der Waals surface area contributed by atoms with Crippen molar-refractivity contribution in [3.05, 3.63) is 86.9 Å². The molecule has 9 nitrogen and oxygen atoms in total. The summed E-state index contributed by atoms with van der Waals surface area (Å²) in [5.74, 6) is -0.765. The molecule has 1 N–H and O–H groups in total. The molecule has 0 atom stereocenters. The van der Waals surface area contributed by atoms with Crippen LogP contribution in [-0.2, 0) is 17.9 Å². The first kappa shape index (κ1) is 19.2. The summed E-state index contributed by atoms with van der Waals surface area (Å²) in [5.41, 5.74) is -0.987. The van der Waals surface area contributed by atoms with Crippen LogP contribution < -0.4 is 16.6 Å². The minimum Gasteiger partial charge on any atom is -0.337 e. The average molecular weight is 409 g/mol. The molecule has 1 amide bonds. The molecule has 0 unspecified atom stereocenters. The molecule has 152 valence electrons. The van der Waals surface area contributed by atoms with E-state index in [1.807, 2.05) is 0 Å². The second kappa shape index (κ2) is 7.74. The lowest BCUT2D eigenvalue weighted by atomic mass is 10.2. The summed E-state index contributed by atoms with van der Waals surface area (Å²) in [6, 6.07) is 12.1. The van der Waals surface area contributed by atoms with E-state index in [4.69, 9.17) is 4.52 Å². The summed E-state index contributed by atoms with van der Waals surface area (Å²) < 4.78 is 20.9. The van der Waals surface area contributed by atoms with Gasteiger partial charge in [-0.15, -0.1) is 0 Å². The fourth-order valence-electron chi connectivity index (χ4n) is 3.10. The van der Waals surface area contributed by atoms with Crippen molar-refractivity contribution in [3.8, 4) is 0 Å². The average Bonchev–Trinajstić information content (AvgIpc) is 3.15. The molecular weight excluding hydrogens is 393 g/mol. The number of nitrogens with zero attached hydrogens (tertiary/aromatic N) is 4. The van der Waals surface area contributed by atoms with Crippen molar-refractivity contribution in [1.82, 2.24) is 19.3 Å². The Labute approximate surface area is 168 Å². The number of amides is 1. The van der Waals surface area contributed by atoms with Gasteiger partial charge in [-0.1, -0.05) is 29.4 Å². The molecule has 0 saturated carbocycles. The molecule has 4 aromatic rings. The van der Waals surface area contributed by atoms with Gasteiger partial charge in [-0.05, 0) is 31.2 Å². The number of hydrogen-bond donors (Lipinski definition) is 1. The van der Waals surface area contributed by atoms with Gasteiger partial charge in [0.25, 0.3) is 5.56 Å². The van der Waals surface area contributed by atoms with Crippen LogP contribution in [0.15, 0.2) is 62.6 Å². The highest BCUT2D eigenvalue weighted by Gasteiger charge is 2.17. The van der Waals surface area contributed by atoms with Crippen LogP contribution in [0.25, 0.3) is 10.9 Å². The third kappa shape index (κ3) is 3.62. The van der Waals surface area contributed by atoms with Gasteiger partial charge >= 0.3 is 5.69 Å². The molecule has 0 bridgehead atoms. The predicted molar refractivity (Wildman–Crippen MR) is 106 cm³/mol. The van der Waals surface area contributed by atoms with Crippen LogP contribution >= 0.6 is 0 Å². The van der Waals surface area contributed by atoms with Crippen molar-refractivity contribution in [2.75, 3.05) is 5.32 Å². The van der Waals surface area contributed by atoms with E-state index in [9.17, 15) is 18.8 Å². The van der Waals surface area contributed by atoms with Crippen molar-refractivity contribution in [2.45, 2.75) is 20.0 Å². The molecule has 0 aliphatic heterocycles. The number of rotatable bonds is 5. The molecule has 0 fully saturated rings. The number of aryl methyl sites for hydroxylation is 1. The molecule has 0 aliphatic carbocycles. The Bertz CT molecular complexity index is 1370. The van der Waals surface area contributed by atoms with Gasteiger partial charge in [0.05, 0.1) is 16.6 Å². The maximum absolute atomic E-state index is 13.8. The summed E-state index contributed by atoms with van der Waals surface area (Å²) >= 11 is 0. The van der Waals surface area contributed by atoms with E-state index in [2.05, 4.69) is 15.5 Å². The number of carbonyl (C=O) groups is 1. The van der Waals surface area contributed by atoms with E-state index >= 15 is 0 Å². The number of halogens is 1. The van der Waals surface area contributed by atoms with Gasteiger partial charge in [0, 0.05) is 0 Å². The Morgan fingerprint density at radius 1 is 1.10 bits per heavy atom. The third-order valence-electron chi connectivity index (χ3n) is 4.44. The molecular formula is C20H16FN5O4. The summed E-state index contributed by atoms with van der Waals surface area (Å²) in [4.78, 5) is 42.4. The number of carbonyl (C=O) groups excluding carboxylic acids is 1. The largest absolute Gasteiger partial charge is 0.337 e. The minimum absolute atomic E-state index is 0.00508. The Kier molecular flexibility index (Phi) is 4.97. The molecule has 0 radical (unpaired) electrons. The first-order valence-corrected chi connectivity index (χ1v) is 9.00. The maximum atomic E-state index is 13.8. The van der Waals surface area contributed by atoms with Crippen molar-refractivity contribution in [3.63, 3.8) is 0 Å². The Hall–Kier alpha value is -4.08. The quantitative estimate of drug-likeness (QED) is 0.537. The van der Waals surface area contributed by atoms with E-state index in [1.54, 1.807) is 37.3 Å². The number of aromatic nitrogens is 4. The van der Waals surface area contributed by atoms with Crippen LogP contribution in [-0.4, -0.2) is 25.2 Å². The highest BCUT2D eigenvalue weighted by molar-refractivity contribution is 5.91. The van der Waals surface area contributed by atoms with Gasteiger partial charge < -0.3 is 9.84 Å². The van der Waals surface area contributed by atoms with Gasteiger partial charge in [-0.2, -0.15) is 4.98 Å². The summed E-state index contributed by atoms with van der Waals surface area (Å²) in [7, 11) is 0. The number of hydrogen-bond acceptors (Lipinski definition) is 6. The van der Waals surface area contributed by atoms with Crippen LogP contribution in [0.4, 0.5) is 10.1 Å². The fourth-order valence-corrected chi connectivity index (χ4v) is 3.10. The van der Waals surface area contributed by atoms with E-state index < -0.39 is 29.5 Å². The lowest BCUT2D eigenvalue weighted by Gasteiger charge is -2.13. The van der Waals surface area contributed by atoms with E-state index in [0.29, 0.717) is 5.82 Å². The van der Waals surface area contributed by atoms with Crippen LogP contribution in [0.2, 0.25) is 0 Å². The van der Waals surface area contributed by atoms with Gasteiger partial charge in [0.15, 0.2) is 5.82 Å². The molecule has 2 aromatic heterocycles. The zero-order valence-electron chi connectivity index (χ0n) is 15.8. The summed E-state index contributed by atoms with van der Waals surface area (Å²) in [5, 5.41) is 6.33. The number of nitrogens with one attached hydrogen (secondary N) is 1. The zero-order chi connectivity index (χ0) is 21.3. The van der Waals surface area contributed by atoms with Gasteiger partial charge in [-0.3, -0.25) is 18.7 Å². The number of anilines is 1. The van der Waals surface area contributed by atoms with E-state index in [1.165, 1.54) is 18.2 Å². The SMILES string of the molecule is Cc1noc(Cn2c(=O)c3ccccc3n(CC(=O)Nc3ccccc3F)c2=O)n1. The maximum Gasteiger partial charge on any atom is 0.332 e. The summed E-state index contributed by atoms with van der Waals surface area (Å²) in [6.45, 7) is 0.955. The molecule has 30 heavy (non-hydrogen) atoms. The molecule has 10 heteroatoms. The Morgan fingerprint density at radius 2 is 1.83 bits per heavy atom. The number of para-hydroxylation sites is 2.